The lowest BCUT2D eigenvalue weighted by Gasteiger charge is -2.12. The van der Waals surface area contributed by atoms with Gasteiger partial charge in [0, 0.05) is 0 Å². The van der Waals surface area contributed by atoms with Gasteiger partial charge in [-0.3, -0.25) is 9.59 Å². The van der Waals surface area contributed by atoms with Crippen LogP contribution in [0, 0.1) is 0 Å². The molecule has 184 valence electrons. The Kier molecular flexibility index (Phi) is 7.40. The molecule has 4 aromatic rings. The summed E-state index contributed by atoms with van der Waals surface area (Å²) in [6.07, 6.45) is 0. The lowest BCUT2D eigenvalue weighted by atomic mass is 9.98. The van der Waals surface area contributed by atoms with Crippen LogP contribution in [0.2, 0.25) is 0 Å². The third-order valence-electron chi connectivity index (χ3n) is 5.70. The van der Waals surface area contributed by atoms with E-state index in [2.05, 4.69) is 10.6 Å². The van der Waals surface area contributed by atoms with E-state index in [1.54, 1.807) is 12.1 Å². The van der Waals surface area contributed by atoms with Crippen molar-refractivity contribution in [2.75, 3.05) is 6.67 Å². The first-order valence-electron chi connectivity index (χ1n) is 11.3. The Morgan fingerprint density at radius 3 is 1.22 bits per heavy atom. The molecule has 0 aliphatic heterocycles. The third kappa shape index (κ3) is 5.71. The molecule has 0 atom stereocenters. The smallest absolute Gasteiger partial charge is 0.336 e. The Balaban J connectivity index is 1.46. The van der Waals surface area contributed by atoms with E-state index in [0.717, 1.165) is 11.1 Å². The van der Waals surface area contributed by atoms with Gasteiger partial charge < -0.3 is 20.8 Å². The van der Waals surface area contributed by atoms with E-state index in [0.29, 0.717) is 11.1 Å². The lowest BCUT2D eigenvalue weighted by molar-refractivity contribution is 0.0683. The summed E-state index contributed by atoms with van der Waals surface area (Å²) in [6, 6.07) is 27.2. The number of rotatable bonds is 8. The van der Waals surface area contributed by atoms with Crippen molar-refractivity contribution in [1.82, 2.24) is 10.6 Å². The maximum absolute atomic E-state index is 12.7. The summed E-state index contributed by atoms with van der Waals surface area (Å²) < 4.78 is 0. The molecule has 0 heterocycles. The standard InChI is InChI=1S/C29H22N2O6/c32-26(22-13-11-20(15-24(22)28(34)35)18-7-3-1-4-8-18)30-17-31-27(33)23-14-12-21(16-25(23)29(36)37)19-9-5-2-6-10-19/h1-16H,17H2,(H,30,32)(H,31,33)(H,34,35)(H,36,37). The van der Waals surface area contributed by atoms with Gasteiger partial charge in [-0.1, -0.05) is 72.8 Å². The number of carboxylic acids is 2. The zero-order valence-electron chi connectivity index (χ0n) is 19.5. The number of carbonyl (C=O) groups is 4. The van der Waals surface area contributed by atoms with Crippen molar-refractivity contribution in [3.8, 4) is 22.3 Å². The Hall–Kier alpha value is -5.24. The molecule has 0 aliphatic carbocycles. The summed E-state index contributed by atoms with van der Waals surface area (Å²) in [5.74, 6) is -3.93. The van der Waals surface area contributed by atoms with Crippen molar-refractivity contribution in [2.24, 2.45) is 0 Å². The Morgan fingerprint density at radius 2 is 0.865 bits per heavy atom. The lowest BCUT2D eigenvalue weighted by Crippen LogP contribution is -2.38. The highest BCUT2D eigenvalue weighted by Gasteiger charge is 2.20. The van der Waals surface area contributed by atoms with E-state index >= 15 is 0 Å². The average molecular weight is 495 g/mol. The monoisotopic (exact) mass is 494 g/mol. The largest absolute Gasteiger partial charge is 0.478 e. The Labute approximate surface area is 212 Å². The molecule has 0 saturated heterocycles. The summed E-state index contributed by atoms with van der Waals surface area (Å²) in [5.41, 5.74) is 2.38. The zero-order valence-corrected chi connectivity index (χ0v) is 19.5. The Morgan fingerprint density at radius 1 is 0.486 bits per heavy atom. The van der Waals surface area contributed by atoms with E-state index in [1.807, 2.05) is 60.7 Å². The molecule has 8 nitrogen and oxygen atoms in total. The van der Waals surface area contributed by atoms with Gasteiger partial charge in [0.1, 0.15) is 0 Å². The molecule has 2 amide bonds. The van der Waals surface area contributed by atoms with Crippen LogP contribution in [0.15, 0.2) is 97.1 Å². The van der Waals surface area contributed by atoms with Gasteiger partial charge in [0.15, 0.2) is 0 Å². The summed E-state index contributed by atoms with van der Waals surface area (Å²) in [6.45, 7) is -0.337. The summed E-state index contributed by atoms with van der Waals surface area (Å²) in [4.78, 5) is 49.0. The molecule has 0 unspecified atom stereocenters. The van der Waals surface area contributed by atoms with Crippen molar-refractivity contribution in [3.63, 3.8) is 0 Å². The molecule has 0 saturated carbocycles. The van der Waals surface area contributed by atoms with Crippen molar-refractivity contribution < 1.29 is 29.4 Å². The molecule has 8 heteroatoms. The normalized spacial score (nSPS) is 10.4. The highest BCUT2D eigenvalue weighted by Crippen LogP contribution is 2.24. The summed E-state index contributed by atoms with van der Waals surface area (Å²) in [7, 11) is 0. The van der Waals surface area contributed by atoms with Crippen LogP contribution in [-0.4, -0.2) is 40.6 Å². The quantitative estimate of drug-likeness (QED) is 0.266. The van der Waals surface area contributed by atoms with E-state index in [-0.39, 0.29) is 28.9 Å². The van der Waals surface area contributed by atoms with Crippen LogP contribution < -0.4 is 10.6 Å². The number of amides is 2. The van der Waals surface area contributed by atoms with E-state index in [9.17, 15) is 29.4 Å². The maximum Gasteiger partial charge on any atom is 0.336 e. The molecule has 4 N–H and O–H groups in total. The molecule has 0 aliphatic rings. The third-order valence-corrected chi connectivity index (χ3v) is 5.70. The van der Waals surface area contributed by atoms with Crippen LogP contribution >= 0.6 is 0 Å². The maximum atomic E-state index is 12.7. The van der Waals surface area contributed by atoms with Gasteiger partial charge in [-0.25, -0.2) is 9.59 Å². The highest BCUT2D eigenvalue weighted by atomic mass is 16.4. The summed E-state index contributed by atoms with van der Waals surface area (Å²) >= 11 is 0. The number of aromatic carboxylic acids is 2. The van der Waals surface area contributed by atoms with Gasteiger partial charge in [-0.05, 0) is 46.5 Å². The summed E-state index contributed by atoms with van der Waals surface area (Å²) in [5, 5.41) is 24.2. The number of nitrogens with one attached hydrogen (secondary N) is 2. The van der Waals surface area contributed by atoms with Gasteiger partial charge >= 0.3 is 11.9 Å². The first kappa shape index (κ1) is 24.9. The molecular formula is C29H22N2O6. The second-order valence-corrected chi connectivity index (χ2v) is 8.05. The molecule has 4 aromatic carbocycles. The van der Waals surface area contributed by atoms with Crippen molar-refractivity contribution in [3.05, 3.63) is 119 Å². The van der Waals surface area contributed by atoms with Crippen LogP contribution in [0.5, 0.6) is 0 Å². The van der Waals surface area contributed by atoms with E-state index in [4.69, 9.17) is 0 Å². The average Bonchev–Trinajstić information content (AvgIpc) is 2.93. The zero-order chi connectivity index (χ0) is 26.4. The predicted octanol–water partition coefficient (Wildman–Crippen LogP) is 4.53. The van der Waals surface area contributed by atoms with Crippen LogP contribution in [0.25, 0.3) is 22.3 Å². The second kappa shape index (κ2) is 11.0. The van der Waals surface area contributed by atoms with Crippen molar-refractivity contribution >= 4 is 23.8 Å². The fourth-order valence-electron chi connectivity index (χ4n) is 3.85. The number of carboxylic acid groups (broad SMARTS) is 2. The topological polar surface area (TPSA) is 133 Å². The molecular weight excluding hydrogens is 472 g/mol. The molecule has 0 fully saturated rings. The minimum absolute atomic E-state index is 0.0696. The molecule has 0 aromatic heterocycles. The molecule has 0 bridgehead atoms. The number of hydrogen-bond acceptors (Lipinski definition) is 4. The second-order valence-electron chi connectivity index (χ2n) is 8.05. The minimum atomic E-state index is -1.27. The first-order chi connectivity index (χ1) is 17.8. The SMILES string of the molecule is O=C(O)c1cc(-c2ccccc2)ccc1C(=O)NCNC(=O)c1ccc(-c2ccccc2)cc1C(=O)O. The number of carbonyl (C=O) groups excluding carboxylic acids is 2. The van der Waals surface area contributed by atoms with Crippen molar-refractivity contribution in [1.29, 1.82) is 0 Å². The predicted molar refractivity (Wildman–Crippen MR) is 137 cm³/mol. The fraction of sp³-hybridized carbons (Fsp3) is 0.0345. The van der Waals surface area contributed by atoms with E-state index < -0.39 is 23.8 Å². The van der Waals surface area contributed by atoms with Crippen LogP contribution in [-0.2, 0) is 0 Å². The van der Waals surface area contributed by atoms with Gasteiger partial charge in [0.05, 0.1) is 28.9 Å². The minimum Gasteiger partial charge on any atom is -0.478 e. The molecule has 0 radical (unpaired) electrons. The Bertz CT molecular complexity index is 1370. The molecule has 4 rings (SSSR count). The van der Waals surface area contributed by atoms with Gasteiger partial charge in [-0.2, -0.15) is 0 Å². The fourth-order valence-corrected chi connectivity index (χ4v) is 3.85. The van der Waals surface area contributed by atoms with Gasteiger partial charge in [0.25, 0.3) is 11.8 Å². The van der Waals surface area contributed by atoms with Crippen molar-refractivity contribution in [2.45, 2.75) is 0 Å². The highest BCUT2D eigenvalue weighted by molar-refractivity contribution is 6.07. The molecule has 37 heavy (non-hydrogen) atoms. The number of benzene rings is 4. The van der Waals surface area contributed by atoms with Crippen LogP contribution in [0.3, 0.4) is 0 Å². The van der Waals surface area contributed by atoms with E-state index in [1.165, 1.54) is 24.3 Å². The van der Waals surface area contributed by atoms with Crippen LogP contribution in [0.4, 0.5) is 0 Å². The van der Waals surface area contributed by atoms with Gasteiger partial charge in [-0.15, -0.1) is 0 Å². The molecule has 0 spiro atoms. The number of hydrogen-bond donors (Lipinski definition) is 4. The van der Waals surface area contributed by atoms with Gasteiger partial charge in [0.2, 0.25) is 0 Å². The van der Waals surface area contributed by atoms with Crippen LogP contribution in [0.1, 0.15) is 41.4 Å². The first-order valence-corrected chi connectivity index (χ1v) is 11.3.